The Balaban J connectivity index is 1.81. The second kappa shape index (κ2) is 5.56. The highest BCUT2D eigenvalue weighted by atomic mass is 16.5. The summed E-state index contributed by atoms with van der Waals surface area (Å²) in [6.45, 7) is 4.28. The zero-order valence-electron chi connectivity index (χ0n) is 10.8. The minimum absolute atomic E-state index is 0.124. The van der Waals surface area contributed by atoms with Crippen molar-refractivity contribution in [2.24, 2.45) is 5.92 Å². The molecule has 0 amide bonds. The third-order valence-corrected chi connectivity index (χ3v) is 3.76. The number of carbonyl (C=O) groups is 1. The van der Waals surface area contributed by atoms with Crippen LogP contribution in [0.2, 0.25) is 0 Å². The topological polar surface area (TPSA) is 35.5 Å². The highest BCUT2D eigenvalue weighted by molar-refractivity contribution is 5.88. The Kier molecular flexibility index (Phi) is 4.08. The van der Waals surface area contributed by atoms with Crippen LogP contribution in [0, 0.1) is 5.92 Å². The van der Waals surface area contributed by atoms with Gasteiger partial charge in [-0.1, -0.05) is 6.92 Å². The number of hydrogen-bond acceptors (Lipinski definition) is 3. The molecule has 1 heterocycles. The van der Waals surface area contributed by atoms with Crippen LogP contribution >= 0.6 is 0 Å². The standard InChI is InChI=1S/C14H22O3/c1-10-3-7-13(8-4-10)17-14(15)12-6-5-11(2)16-9-12/h9-11,13H,3-8H2,1-2H3. The first kappa shape index (κ1) is 12.5. The third kappa shape index (κ3) is 3.48. The summed E-state index contributed by atoms with van der Waals surface area (Å²) in [4.78, 5) is 11.9. The summed E-state index contributed by atoms with van der Waals surface area (Å²) in [6.07, 6.45) is 7.98. The molecule has 17 heavy (non-hydrogen) atoms. The molecule has 0 saturated heterocycles. The van der Waals surface area contributed by atoms with Crippen molar-refractivity contribution in [1.29, 1.82) is 0 Å². The number of esters is 1. The van der Waals surface area contributed by atoms with Crippen LogP contribution in [0.5, 0.6) is 0 Å². The molecule has 1 saturated carbocycles. The van der Waals surface area contributed by atoms with Gasteiger partial charge in [-0.25, -0.2) is 4.79 Å². The zero-order chi connectivity index (χ0) is 12.3. The molecule has 0 aromatic rings. The van der Waals surface area contributed by atoms with E-state index >= 15 is 0 Å². The fourth-order valence-electron chi connectivity index (χ4n) is 2.41. The summed E-state index contributed by atoms with van der Waals surface area (Å²) in [5.74, 6) is 0.611. The minimum Gasteiger partial charge on any atom is -0.498 e. The highest BCUT2D eigenvalue weighted by Gasteiger charge is 2.24. The second-order valence-electron chi connectivity index (χ2n) is 5.42. The van der Waals surface area contributed by atoms with Crippen LogP contribution in [0.15, 0.2) is 11.8 Å². The SMILES string of the molecule is CC1CCC(OC(=O)C2=COC(C)CC2)CC1. The molecule has 2 aliphatic rings. The maximum absolute atomic E-state index is 11.9. The average molecular weight is 238 g/mol. The highest BCUT2D eigenvalue weighted by Crippen LogP contribution is 2.27. The first-order valence-electron chi connectivity index (χ1n) is 6.70. The Labute approximate surface area is 103 Å². The van der Waals surface area contributed by atoms with Gasteiger partial charge in [-0.05, 0) is 51.4 Å². The molecule has 0 spiro atoms. The van der Waals surface area contributed by atoms with E-state index in [1.54, 1.807) is 6.26 Å². The van der Waals surface area contributed by atoms with E-state index in [9.17, 15) is 4.79 Å². The summed E-state index contributed by atoms with van der Waals surface area (Å²) in [5.41, 5.74) is 0.696. The minimum atomic E-state index is -0.170. The van der Waals surface area contributed by atoms with Gasteiger partial charge in [0.05, 0.1) is 17.9 Å². The lowest BCUT2D eigenvalue weighted by Crippen LogP contribution is -2.25. The smallest absolute Gasteiger partial charge is 0.337 e. The summed E-state index contributed by atoms with van der Waals surface area (Å²) < 4.78 is 10.9. The van der Waals surface area contributed by atoms with E-state index < -0.39 is 0 Å². The lowest BCUT2D eigenvalue weighted by Gasteiger charge is -2.27. The van der Waals surface area contributed by atoms with Gasteiger partial charge >= 0.3 is 5.97 Å². The van der Waals surface area contributed by atoms with Gasteiger partial charge in [0.15, 0.2) is 0 Å². The van der Waals surface area contributed by atoms with E-state index in [-0.39, 0.29) is 18.2 Å². The lowest BCUT2D eigenvalue weighted by molar-refractivity contribution is -0.146. The molecule has 0 N–H and O–H groups in total. The molecular weight excluding hydrogens is 216 g/mol. The Morgan fingerprint density at radius 3 is 2.53 bits per heavy atom. The van der Waals surface area contributed by atoms with Crippen LogP contribution in [0.1, 0.15) is 52.4 Å². The summed E-state index contributed by atoms with van der Waals surface area (Å²) in [5, 5.41) is 0. The van der Waals surface area contributed by atoms with Crippen molar-refractivity contribution in [2.75, 3.05) is 0 Å². The Morgan fingerprint density at radius 1 is 1.24 bits per heavy atom. The molecule has 2 rings (SSSR count). The Bertz CT molecular complexity index is 301. The van der Waals surface area contributed by atoms with Crippen molar-refractivity contribution < 1.29 is 14.3 Å². The normalized spacial score (nSPS) is 33.5. The average Bonchev–Trinajstić information content (AvgIpc) is 2.33. The molecule has 0 bridgehead atoms. The largest absolute Gasteiger partial charge is 0.498 e. The van der Waals surface area contributed by atoms with Crippen LogP contribution in [0.25, 0.3) is 0 Å². The fourth-order valence-corrected chi connectivity index (χ4v) is 2.41. The van der Waals surface area contributed by atoms with E-state index in [1.807, 2.05) is 6.92 Å². The molecule has 1 aliphatic heterocycles. The monoisotopic (exact) mass is 238 g/mol. The van der Waals surface area contributed by atoms with E-state index in [2.05, 4.69) is 6.92 Å². The van der Waals surface area contributed by atoms with Gasteiger partial charge in [-0.15, -0.1) is 0 Å². The molecule has 1 atom stereocenters. The molecular formula is C14H22O3. The van der Waals surface area contributed by atoms with Crippen molar-refractivity contribution in [2.45, 2.75) is 64.6 Å². The number of ether oxygens (including phenoxy) is 2. The van der Waals surface area contributed by atoms with Crippen LogP contribution in [-0.4, -0.2) is 18.2 Å². The van der Waals surface area contributed by atoms with Crippen LogP contribution < -0.4 is 0 Å². The molecule has 0 radical (unpaired) electrons. The number of hydrogen-bond donors (Lipinski definition) is 0. The van der Waals surface area contributed by atoms with Gasteiger partial charge in [0, 0.05) is 0 Å². The summed E-state index contributed by atoms with van der Waals surface area (Å²) in [7, 11) is 0. The first-order chi connectivity index (χ1) is 8.15. The van der Waals surface area contributed by atoms with E-state index in [0.29, 0.717) is 5.57 Å². The lowest BCUT2D eigenvalue weighted by atomic mass is 9.89. The molecule has 0 aromatic carbocycles. The van der Waals surface area contributed by atoms with Crippen LogP contribution in [0.4, 0.5) is 0 Å². The van der Waals surface area contributed by atoms with E-state index in [1.165, 1.54) is 12.8 Å². The van der Waals surface area contributed by atoms with Gasteiger partial charge in [0.2, 0.25) is 0 Å². The third-order valence-electron chi connectivity index (χ3n) is 3.76. The van der Waals surface area contributed by atoms with Crippen molar-refractivity contribution >= 4 is 5.97 Å². The van der Waals surface area contributed by atoms with Crippen molar-refractivity contribution in [3.63, 3.8) is 0 Å². The predicted octanol–water partition coefficient (Wildman–Crippen LogP) is 3.19. The maximum Gasteiger partial charge on any atom is 0.337 e. The molecule has 1 aliphatic carbocycles. The van der Waals surface area contributed by atoms with Gasteiger partial charge < -0.3 is 9.47 Å². The number of carbonyl (C=O) groups excluding carboxylic acids is 1. The quantitative estimate of drug-likeness (QED) is 0.693. The van der Waals surface area contributed by atoms with Gasteiger partial charge in [-0.2, -0.15) is 0 Å². The van der Waals surface area contributed by atoms with Gasteiger partial charge in [0.1, 0.15) is 6.10 Å². The van der Waals surface area contributed by atoms with Crippen molar-refractivity contribution in [3.8, 4) is 0 Å². The van der Waals surface area contributed by atoms with Crippen LogP contribution in [-0.2, 0) is 14.3 Å². The number of rotatable bonds is 2. The molecule has 1 unspecified atom stereocenters. The van der Waals surface area contributed by atoms with Crippen LogP contribution in [0.3, 0.4) is 0 Å². The molecule has 3 nitrogen and oxygen atoms in total. The van der Waals surface area contributed by atoms with Crippen molar-refractivity contribution in [3.05, 3.63) is 11.8 Å². The summed E-state index contributed by atoms with van der Waals surface area (Å²) >= 11 is 0. The van der Waals surface area contributed by atoms with Crippen molar-refractivity contribution in [1.82, 2.24) is 0 Å². The maximum atomic E-state index is 11.9. The Morgan fingerprint density at radius 2 is 1.94 bits per heavy atom. The predicted molar refractivity (Wildman–Crippen MR) is 65.4 cm³/mol. The van der Waals surface area contributed by atoms with E-state index in [0.717, 1.165) is 31.6 Å². The molecule has 96 valence electrons. The van der Waals surface area contributed by atoms with Gasteiger partial charge in [-0.3, -0.25) is 0 Å². The molecule has 0 aromatic heterocycles. The van der Waals surface area contributed by atoms with Gasteiger partial charge in [0.25, 0.3) is 0 Å². The van der Waals surface area contributed by atoms with E-state index in [4.69, 9.17) is 9.47 Å². The molecule has 1 fully saturated rings. The second-order valence-corrected chi connectivity index (χ2v) is 5.42. The zero-order valence-corrected chi connectivity index (χ0v) is 10.8. The first-order valence-corrected chi connectivity index (χ1v) is 6.70. The Hall–Kier alpha value is -0.990. The molecule has 3 heteroatoms. The summed E-state index contributed by atoms with van der Waals surface area (Å²) in [6, 6.07) is 0. The fraction of sp³-hybridized carbons (Fsp3) is 0.786.